The van der Waals surface area contributed by atoms with Gasteiger partial charge in [-0.3, -0.25) is 9.59 Å². The van der Waals surface area contributed by atoms with Crippen LogP contribution in [0.2, 0.25) is 0 Å². The largest absolute Gasteiger partial charge is 0.493 e. The average Bonchev–Trinajstić information content (AvgIpc) is 2.77. The highest BCUT2D eigenvalue weighted by molar-refractivity contribution is 5.88. The van der Waals surface area contributed by atoms with Crippen molar-refractivity contribution in [2.75, 3.05) is 20.3 Å². The molecule has 0 radical (unpaired) electrons. The maximum Gasteiger partial charge on any atom is 0.261 e. The fraction of sp³-hybridized carbons (Fsp3) is 0.440. The highest BCUT2D eigenvalue weighted by atomic mass is 16.5. The second kappa shape index (κ2) is 12.6. The molecule has 0 aliphatic rings. The summed E-state index contributed by atoms with van der Waals surface area (Å²) in [5.41, 5.74) is 2.08. The standard InChI is InChI=1S/C25H34N2O4/c1-5-7-15-26-25(29)21(6-2)27(17-20-12-10-11-19(3)16-20)24(28)18-31-23-14-9-8-13-22(23)30-4/h8-14,16,21H,5-7,15,17-18H2,1-4H3,(H,26,29)/t21-/m0/s1. The van der Waals surface area contributed by atoms with Gasteiger partial charge in [0.05, 0.1) is 7.11 Å². The number of nitrogens with zero attached hydrogens (tertiary/aromatic N) is 1. The summed E-state index contributed by atoms with van der Waals surface area (Å²) >= 11 is 0. The van der Waals surface area contributed by atoms with Gasteiger partial charge >= 0.3 is 0 Å². The summed E-state index contributed by atoms with van der Waals surface area (Å²) in [5, 5.41) is 2.97. The van der Waals surface area contributed by atoms with Crippen LogP contribution in [0.25, 0.3) is 0 Å². The number of carbonyl (C=O) groups excluding carboxylic acids is 2. The number of nitrogens with one attached hydrogen (secondary N) is 1. The minimum absolute atomic E-state index is 0.130. The van der Waals surface area contributed by atoms with Crippen LogP contribution in [-0.4, -0.2) is 43.0 Å². The second-order valence-corrected chi connectivity index (χ2v) is 7.52. The van der Waals surface area contributed by atoms with Gasteiger partial charge in [0.15, 0.2) is 18.1 Å². The van der Waals surface area contributed by atoms with Gasteiger partial charge in [0.25, 0.3) is 5.91 Å². The number of unbranched alkanes of at least 4 members (excludes halogenated alkanes) is 1. The minimum atomic E-state index is -0.564. The molecule has 2 aromatic carbocycles. The van der Waals surface area contributed by atoms with Crippen LogP contribution in [0.15, 0.2) is 48.5 Å². The number of ether oxygens (including phenoxy) is 2. The van der Waals surface area contributed by atoms with Crippen molar-refractivity contribution in [2.45, 2.75) is 52.6 Å². The lowest BCUT2D eigenvalue weighted by Crippen LogP contribution is -2.50. The molecule has 0 aliphatic carbocycles. The van der Waals surface area contributed by atoms with Crippen LogP contribution in [0.3, 0.4) is 0 Å². The molecule has 0 bridgehead atoms. The molecule has 2 aromatic rings. The van der Waals surface area contributed by atoms with Crippen molar-refractivity contribution in [1.82, 2.24) is 10.2 Å². The van der Waals surface area contributed by atoms with Gasteiger partial charge in [0.1, 0.15) is 6.04 Å². The van der Waals surface area contributed by atoms with Crippen LogP contribution in [-0.2, 0) is 16.1 Å². The zero-order chi connectivity index (χ0) is 22.6. The number of aryl methyl sites for hydroxylation is 1. The second-order valence-electron chi connectivity index (χ2n) is 7.52. The minimum Gasteiger partial charge on any atom is -0.493 e. The third kappa shape index (κ3) is 7.31. The van der Waals surface area contributed by atoms with Crippen LogP contribution in [0.1, 0.15) is 44.2 Å². The topological polar surface area (TPSA) is 67.9 Å². The maximum absolute atomic E-state index is 13.2. The van der Waals surface area contributed by atoms with Crippen LogP contribution in [0.5, 0.6) is 11.5 Å². The number of para-hydroxylation sites is 2. The zero-order valence-corrected chi connectivity index (χ0v) is 19.0. The molecule has 0 saturated carbocycles. The molecule has 0 aromatic heterocycles. The molecule has 0 saturated heterocycles. The van der Waals surface area contributed by atoms with E-state index < -0.39 is 6.04 Å². The summed E-state index contributed by atoms with van der Waals surface area (Å²) in [5.74, 6) is 0.679. The van der Waals surface area contributed by atoms with Crippen molar-refractivity contribution >= 4 is 11.8 Å². The highest BCUT2D eigenvalue weighted by Crippen LogP contribution is 2.26. The Bertz CT molecular complexity index is 853. The van der Waals surface area contributed by atoms with Gasteiger partial charge < -0.3 is 19.7 Å². The van der Waals surface area contributed by atoms with E-state index in [0.717, 1.165) is 24.0 Å². The van der Waals surface area contributed by atoms with Crippen molar-refractivity contribution in [3.8, 4) is 11.5 Å². The molecular weight excluding hydrogens is 392 g/mol. The first-order valence-corrected chi connectivity index (χ1v) is 10.9. The van der Waals surface area contributed by atoms with E-state index in [9.17, 15) is 9.59 Å². The number of hydrogen-bond donors (Lipinski definition) is 1. The molecule has 2 rings (SSSR count). The Morgan fingerprint density at radius 1 is 1.06 bits per heavy atom. The first-order valence-electron chi connectivity index (χ1n) is 10.9. The van der Waals surface area contributed by atoms with E-state index >= 15 is 0 Å². The van der Waals surface area contributed by atoms with Gasteiger partial charge in [0, 0.05) is 13.1 Å². The van der Waals surface area contributed by atoms with Crippen LogP contribution in [0, 0.1) is 6.92 Å². The van der Waals surface area contributed by atoms with E-state index in [1.54, 1.807) is 24.1 Å². The Morgan fingerprint density at radius 2 is 1.81 bits per heavy atom. The molecule has 0 aliphatic heterocycles. The van der Waals surface area contributed by atoms with Gasteiger partial charge in [-0.05, 0) is 37.5 Å². The first-order chi connectivity index (χ1) is 15.0. The smallest absolute Gasteiger partial charge is 0.261 e. The number of carbonyl (C=O) groups is 2. The molecule has 2 amide bonds. The van der Waals surface area contributed by atoms with Crippen molar-refractivity contribution < 1.29 is 19.1 Å². The fourth-order valence-corrected chi connectivity index (χ4v) is 3.39. The lowest BCUT2D eigenvalue weighted by Gasteiger charge is -2.30. The Hall–Kier alpha value is -3.02. The maximum atomic E-state index is 13.2. The summed E-state index contributed by atoms with van der Waals surface area (Å²) < 4.78 is 11.1. The Balaban J connectivity index is 2.20. The molecule has 6 nitrogen and oxygen atoms in total. The van der Waals surface area contributed by atoms with E-state index in [-0.39, 0.29) is 18.4 Å². The molecule has 0 unspecified atom stereocenters. The SMILES string of the molecule is CCCCNC(=O)[C@H](CC)N(Cc1cccc(C)c1)C(=O)COc1ccccc1OC. The van der Waals surface area contributed by atoms with Crippen LogP contribution in [0.4, 0.5) is 0 Å². The van der Waals surface area contributed by atoms with Gasteiger partial charge in [-0.25, -0.2) is 0 Å². The lowest BCUT2D eigenvalue weighted by molar-refractivity contribution is -0.143. The van der Waals surface area contributed by atoms with Crippen LogP contribution >= 0.6 is 0 Å². The van der Waals surface area contributed by atoms with Gasteiger partial charge in [-0.1, -0.05) is 62.2 Å². The Morgan fingerprint density at radius 3 is 2.45 bits per heavy atom. The summed E-state index contributed by atoms with van der Waals surface area (Å²) in [6.07, 6.45) is 2.42. The summed E-state index contributed by atoms with van der Waals surface area (Å²) in [6.45, 7) is 6.78. The van der Waals surface area contributed by atoms with Gasteiger partial charge in [-0.15, -0.1) is 0 Å². The molecule has 31 heavy (non-hydrogen) atoms. The summed E-state index contributed by atoms with van der Waals surface area (Å²) in [6, 6.07) is 14.6. The van der Waals surface area contributed by atoms with Crippen molar-refractivity contribution in [3.05, 3.63) is 59.7 Å². The van der Waals surface area contributed by atoms with Crippen molar-refractivity contribution in [3.63, 3.8) is 0 Å². The van der Waals surface area contributed by atoms with E-state index in [1.165, 1.54) is 0 Å². The monoisotopic (exact) mass is 426 g/mol. The predicted octanol–water partition coefficient (Wildman–Crippen LogP) is 4.11. The molecule has 0 heterocycles. The van der Waals surface area contributed by atoms with E-state index in [4.69, 9.17) is 9.47 Å². The third-order valence-electron chi connectivity index (χ3n) is 5.07. The Labute approximate surface area is 185 Å². The normalized spacial score (nSPS) is 11.5. The lowest BCUT2D eigenvalue weighted by atomic mass is 10.1. The number of methoxy groups -OCH3 is 1. The fourth-order valence-electron chi connectivity index (χ4n) is 3.39. The molecular formula is C25H34N2O4. The molecule has 6 heteroatoms. The number of hydrogen-bond acceptors (Lipinski definition) is 4. The highest BCUT2D eigenvalue weighted by Gasteiger charge is 2.29. The Kier molecular flexibility index (Phi) is 9.88. The number of amides is 2. The number of benzene rings is 2. The molecule has 168 valence electrons. The van der Waals surface area contributed by atoms with Crippen LogP contribution < -0.4 is 14.8 Å². The van der Waals surface area contributed by atoms with Gasteiger partial charge in [-0.2, -0.15) is 0 Å². The van der Waals surface area contributed by atoms with E-state index in [1.807, 2.05) is 50.2 Å². The summed E-state index contributed by atoms with van der Waals surface area (Å²) in [7, 11) is 1.56. The van der Waals surface area contributed by atoms with E-state index in [0.29, 0.717) is 31.0 Å². The van der Waals surface area contributed by atoms with Crippen molar-refractivity contribution in [2.24, 2.45) is 0 Å². The predicted molar refractivity (Wildman–Crippen MR) is 122 cm³/mol. The molecule has 0 fully saturated rings. The van der Waals surface area contributed by atoms with E-state index in [2.05, 4.69) is 12.2 Å². The first kappa shape index (κ1) is 24.3. The molecule has 1 N–H and O–H groups in total. The van der Waals surface area contributed by atoms with Gasteiger partial charge in [0.2, 0.25) is 5.91 Å². The molecule has 0 spiro atoms. The van der Waals surface area contributed by atoms with Crippen molar-refractivity contribution in [1.29, 1.82) is 0 Å². The zero-order valence-electron chi connectivity index (χ0n) is 19.0. The quantitative estimate of drug-likeness (QED) is 0.519. The summed E-state index contributed by atoms with van der Waals surface area (Å²) in [4.78, 5) is 27.7. The average molecular weight is 427 g/mol. The number of rotatable bonds is 12. The third-order valence-corrected chi connectivity index (χ3v) is 5.07. The molecule has 1 atom stereocenters.